The topological polar surface area (TPSA) is 122 Å². The van der Waals surface area contributed by atoms with Crippen LogP contribution in [0.3, 0.4) is 0 Å². The number of sulfonamides is 1. The molecule has 39 heavy (non-hydrogen) atoms. The molecule has 4 aromatic carbocycles. The van der Waals surface area contributed by atoms with Crippen molar-refractivity contribution in [2.45, 2.75) is 17.4 Å². The van der Waals surface area contributed by atoms with Crippen molar-refractivity contribution in [1.82, 2.24) is 5.32 Å². The number of rotatable bonds is 10. The first kappa shape index (κ1) is 27.7. The number of hydrogen-bond acceptors (Lipinski definition) is 5. The summed E-state index contributed by atoms with van der Waals surface area (Å²) in [6, 6.07) is 25.5. The zero-order chi connectivity index (χ0) is 28.0. The van der Waals surface area contributed by atoms with Gasteiger partial charge in [0.2, 0.25) is 0 Å². The lowest BCUT2D eigenvalue weighted by molar-refractivity contribution is -0.139. The minimum absolute atomic E-state index is 0.0112. The highest BCUT2D eigenvalue weighted by Gasteiger charge is 2.23. The molecule has 0 saturated heterocycles. The van der Waals surface area contributed by atoms with Crippen LogP contribution in [0.2, 0.25) is 5.02 Å². The summed E-state index contributed by atoms with van der Waals surface area (Å²) in [5, 5.41) is 12.2. The van der Waals surface area contributed by atoms with Crippen molar-refractivity contribution in [2.24, 2.45) is 0 Å². The summed E-state index contributed by atoms with van der Waals surface area (Å²) in [6.45, 7) is 0. The number of carbonyl (C=O) groups is 2. The number of methoxy groups -OCH3 is 1. The average Bonchev–Trinajstić information content (AvgIpc) is 2.93. The first-order valence-corrected chi connectivity index (χ1v) is 13.7. The predicted molar refractivity (Wildman–Crippen MR) is 150 cm³/mol. The highest BCUT2D eigenvalue weighted by Crippen LogP contribution is 2.30. The Hall–Kier alpha value is -4.34. The lowest BCUT2D eigenvalue weighted by atomic mass is 10.00. The number of amides is 1. The SMILES string of the molecule is COc1ccccc1-c1ccc(C[C@H](NC(=O)c2ccc(NS(=O)(=O)c3ccccc3)cc2Cl)C(=O)O)cc1. The van der Waals surface area contributed by atoms with E-state index in [4.69, 9.17) is 16.3 Å². The molecular weight excluding hydrogens is 540 g/mol. The molecule has 0 unspecified atom stereocenters. The van der Waals surface area contributed by atoms with Crippen LogP contribution in [0.25, 0.3) is 11.1 Å². The van der Waals surface area contributed by atoms with Crippen LogP contribution in [0, 0.1) is 0 Å². The molecular formula is C29H25ClN2O6S. The van der Waals surface area contributed by atoms with Gasteiger partial charge < -0.3 is 15.2 Å². The maximum absolute atomic E-state index is 12.9. The van der Waals surface area contributed by atoms with E-state index in [1.807, 2.05) is 36.4 Å². The van der Waals surface area contributed by atoms with Gasteiger partial charge >= 0.3 is 5.97 Å². The van der Waals surface area contributed by atoms with Crippen molar-refractivity contribution in [2.75, 3.05) is 11.8 Å². The second kappa shape index (κ2) is 12.0. The average molecular weight is 565 g/mol. The second-order valence-corrected chi connectivity index (χ2v) is 10.7. The molecule has 0 aliphatic carbocycles. The molecule has 0 saturated carbocycles. The second-order valence-electron chi connectivity index (χ2n) is 8.58. The van der Waals surface area contributed by atoms with Crippen molar-refractivity contribution >= 4 is 39.2 Å². The summed E-state index contributed by atoms with van der Waals surface area (Å²) in [6.07, 6.45) is 0.0415. The van der Waals surface area contributed by atoms with E-state index < -0.39 is 27.9 Å². The van der Waals surface area contributed by atoms with Crippen LogP contribution >= 0.6 is 11.6 Å². The van der Waals surface area contributed by atoms with Gasteiger partial charge in [-0.25, -0.2) is 13.2 Å². The Morgan fingerprint density at radius 2 is 1.59 bits per heavy atom. The van der Waals surface area contributed by atoms with Gasteiger partial charge in [-0.2, -0.15) is 0 Å². The van der Waals surface area contributed by atoms with Crippen LogP contribution in [0.1, 0.15) is 15.9 Å². The minimum atomic E-state index is -3.85. The Balaban J connectivity index is 1.45. The maximum Gasteiger partial charge on any atom is 0.326 e. The van der Waals surface area contributed by atoms with Crippen molar-refractivity contribution in [3.05, 3.63) is 113 Å². The van der Waals surface area contributed by atoms with Gasteiger partial charge in [-0.05, 0) is 47.5 Å². The van der Waals surface area contributed by atoms with E-state index in [9.17, 15) is 23.1 Å². The van der Waals surface area contributed by atoms with E-state index in [1.54, 1.807) is 37.4 Å². The standard InChI is InChI=1S/C29H25ClN2O6S/c1-38-27-10-6-5-9-23(27)20-13-11-19(12-14-20)17-26(29(34)35)31-28(33)24-16-15-21(18-25(24)30)32-39(36,37)22-7-3-2-4-8-22/h2-16,18,26,32H,17H2,1H3,(H,31,33)(H,34,35)/t26-/m0/s1. The fourth-order valence-electron chi connectivity index (χ4n) is 3.95. The Bertz CT molecular complexity index is 1590. The monoisotopic (exact) mass is 564 g/mol. The van der Waals surface area contributed by atoms with Gasteiger partial charge in [0.1, 0.15) is 11.8 Å². The van der Waals surface area contributed by atoms with Gasteiger partial charge in [0.15, 0.2) is 0 Å². The molecule has 0 aliphatic rings. The van der Waals surface area contributed by atoms with Gasteiger partial charge in [0, 0.05) is 12.0 Å². The molecule has 200 valence electrons. The number of carbonyl (C=O) groups excluding carboxylic acids is 1. The largest absolute Gasteiger partial charge is 0.496 e. The van der Waals surface area contributed by atoms with Crippen LogP contribution < -0.4 is 14.8 Å². The number of benzene rings is 4. The van der Waals surface area contributed by atoms with Crippen LogP contribution in [-0.4, -0.2) is 38.6 Å². The molecule has 0 aliphatic heterocycles. The fraction of sp³-hybridized carbons (Fsp3) is 0.103. The number of anilines is 1. The summed E-state index contributed by atoms with van der Waals surface area (Å²) in [5.41, 5.74) is 2.68. The Morgan fingerprint density at radius 3 is 2.23 bits per heavy atom. The molecule has 0 aromatic heterocycles. The number of halogens is 1. The van der Waals surface area contributed by atoms with Crippen molar-refractivity contribution in [3.63, 3.8) is 0 Å². The Labute approximate surface area is 231 Å². The zero-order valence-electron chi connectivity index (χ0n) is 20.8. The lowest BCUT2D eigenvalue weighted by Gasteiger charge is -2.16. The predicted octanol–water partition coefficient (Wildman–Crippen LogP) is 5.24. The first-order valence-electron chi connectivity index (χ1n) is 11.8. The maximum atomic E-state index is 12.9. The first-order chi connectivity index (χ1) is 18.7. The van der Waals surface area contributed by atoms with Crippen LogP contribution in [0.4, 0.5) is 5.69 Å². The Morgan fingerprint density at radius 1 is 0.923 bits per heavy atom. The molecule has 3 N–H and O–H groups in total. The van der Waals surface area contributed by atoms with E-state index in [-0.39, 0.29) is 27.6 Å². The molecule has 0 radical (unpaired) electrons. The highest BCUT2D eigenvalue weighted by atomic mass is 35.5. The van der Waals surface area contributed by atoms with Gasteiger partial charge in [0.05, 0.1) is 28.3 Å². The molecule has 0 heterocycles. The summed E-state index contributed by atoms with van der Waals surface area (Å²) >= 11 is 6.27. The number of carboxylic acid groups (broad SMARTS) is 1. The summed E-state index contributed by atoms with van der Waals surface area (Å²) < 4.78 is 32.9. The van der Waals surface area contributed by atoms with E-state index in [2.05, 4.69) is 10.0 Å². The molecule has 4 rings (SSSR count). The number of aliphatic carboxylic acids is 1. The van der Waals surface area contributed by atoms with Gasteiger partial charge in [-0.15, -0.1) is 0 Å². The molecule has 8 nitrogen and oxygen atoms in total. The third-order valence-electron chi connectivity index (χ3n) is 5.93. The molecule has 0 bridgehead atoms. The molecule has 4 aromatic rings. The summed E-state index contributed by atoms with van der Waals surface area (Å²) in [4.78, 5) is 24.9. The normalized spacial score (nSPS) is 11.8. The van der Waals surface area contributed by atoms with Gasteiger partial charge in [0.25, 0.3) is 15.9 Å². The quantitative estimate of drug-likeness (QED) is 0.242. The molecule has 1 amide bonds. The minimum Gasteiger partial charge on any atom is -0.496 e. The van der Waals surface area contributed by atoms with E-state index in [0.717, 1.165) is 16.9 Å². The molecule has 10 heteroatoms. The van der Waals surface area contributed by atoms with Gasteiger partial charge in [-0.3, -0.25) is 9.52 Å². The third-order valence-corrected chi connectivity index (χ3v) is 7.64. The molecule has 1 atom stereocenters. The van der Waals surface area contributed by atoms with Crippen LogP contribution in [0.5, 0.6) is 5.75 Å². The molecule has 0 fully saturated rings. The summed E-state index contributed by atoms with van der Waals surface area (Å²) in [5.74, 6) is -1.19. The smallest absolute Gasteiger partial charge is 0.326 e. The number of ether oxygens (including phenoxy) is 1. The summed E-state index contributed by atoms with van der Waals surface area (Å²) in [7, 11) is -2.25. The third kappa shape index (κ3) is 6.76. The lowest BCUT2D eigenvalue weighted by Crippen LogP contribution is -2.42. The zero-order valence-corrected chi connectivity index (χ0v) is 22.4. The number of para-hydroxylation sites is 1. The van der Waals surface area contributed by atoms with Crippen LogP contribution in [0.15, 0.2) is 102 Å². The Kier molecular flexibility index (Phi) is 8.53. The van der Waals surface area contributed by atoms with Crippen molar-refractivity contribution in [1.29, 1.82) is 0 Å². The highest BCUT2D eigenvalue weighted by molar-refractivity contribution is 7.92. The van der Waals surface area contributed by atoms with Gasteiger partial charge in [-0.1, -0.05) is 72.3 Å². The van der Waals surface area contributed by atoms with E-state index >= 15 is 0 Å². The number of hydrogen-bond donors (Lipinski definition) is 3. The molecule has 0 spiro atoms. The van der Waals surface area contributed by atoms with Crippen molar-refractivity contribution in [3.8, 4) is 16.9 Å². The number of carboxylic acids is 1. The van der Waals surface area contributed by atoms with E-state index in [1.165, 1.54) is 30.3 Å². The van der Waals surface area contributed by atoms with Crippen LogP contribution in [-0.2, 0) is 21.2 Å². The van der Waals surface area contributed by atoms with E-state index in [0.29, 0.717) is 5.56 Å². The van der Waals surface area contributed by atoms with Crippen molar-refractivity contribution < 1.29 is 27.9 Å². The number of nitrogens with one attached hydrogen (secondary N) is 2. The fourth-order valence-corrected chi connectivity index (χ4v) is 5.29.